The molecule has 2 amide bonds. The number of amides is 2. The number of para-hydroxylation sites is 2. The van der Waals surface area contributed by atoms with E-state index in [0.717, 1.165) is 103 Å². The summed E-state index contributed by atoms with van der Waals surface area (Å²) < 4.78 is 0. The SMILES string of the molecule is CC(C)(C)C(=O)Nc1ccccc1CCCCCc1ccccc1C(=O)O.O=C(Cc1ccccc1)Nc1ccccc1CCCCCc1ccccc1C(=O)O. The normalized spacial score (nSPS) is 10.9. The Balaban J connectivity index is 0.000000254. The summed E-state index contributed by atoms with van der Waals surface area (Å²) in [4.78, 5) is 47.2. The lowest BCUT2D eigenvalue weighted by molar-refractivity contribution is -0.123. The van der Waals surface area contributed by atoms with E-state index < -0.39 is 17.4 Å². The van der Waals surface area contributed by atoms with E-state index in [1.165, 1.54) is 0 Å². The largest absolute Gasteiger partial charge is 0.478 e. The van der Waals surface area contributed by atoms with Gasteiger partial charge in [0.2, 0.25) is 11.8 Å². The minimum atomic E-state index is -0.870. The van der Waals surface area contributed by atoms with Gasteiger partial charge in [0, 0.05) is 16.8 Å². The van der Waals surface area contributed by atoms with E-state index in [4.69, 9.17) is 0 Å². The number of nitrogens with one attached hydrogen (secondary N) is 2. The molecule has 0 unspecified atom stereocenters. The van der Waals surface area contributed by atoms with Crippen molar-refractivity contribution < 1.29 is 29.4 Å². The molecule has 298 valence electrons. The number of carboxylic acids is 2. The molecule has 0 aliphatic carbocycles. The smallest absolute Gasteiger partial charge is 0.335 e. The first-order valence-corrected chi connectivity index (χ1v) is 19.9. The molecule has 5 aromatic rings. The Kier molecular flexibility index (Phi) is 17.3. The van der Waals surface area contributed by atoms with E-state index in [1.54, 1.807) is 24.3 Å². The van der Waals surface area contributed by atoms with Gasteiger partial charge in [0.1, 0.15) is 0 Å². The van der Waals surface area contributed by atoms with Crippen LogP contribution >= 0.6 is 0 Å². The van der Waals surface area contributed by atoms with Crippen molar-refractivity contribution in [1.82, 2.24) is 0 Å². The number of unbranched alkanes of at least 4 members (excludes halogenated alkanes) is 4. The fourth-order valence-corrected chi connectivity index (χ4v) is 6.52. The van der Waals surface area contributed by atoms with Crippen molar-refractivity contribution >= 4 is 35.1 Å². The lowest BCUT2D eigenvalue weighted by Crippen LogP contribution is -2.28. The lowest BCUT2D eigenvalue weighted by atomic mass is 9.95. The molecule has 0 heterocycles. The van der Waals surface area contributed by atoms with Crippen molar-refractivity contribution in [2.24, 2.45) is 5.41 Å². The van der Waals surface area contributed by atoms with Crippen LogP contribution in [0.25, 0.3) is 0 Å². The van der Waals surface area contributed by atoms with Crippen molar-refractivity contribution in [2.45, 2.75) is 91.4 Å². The molecule has 0 saturated heterocycles. The number of anilines is 2. The number of carboxylic acid groups (broad SMARTS) is 2. The van der Waals surface area contributed by atoms with Gasteiger partial charge in [0.15, 0.2) is 0 Å². The molecule has 5 aromatic carbocycles. The molecule has 0 spiro atoms. The van der Waals surface area contributed by atoms with Crippen molar-refractivity contribution in [3.63, 3.8) is 0 Å². The molecule has 0 aliphatic rings. The first-order chi connectivity index (χ1) is 27.4. The van der Waals surface area contributed by atoms with Gasteiger partial charge >= 0.3 is 11.9 Å². The van der Waals surface area contributed by atoms with E-state index in [2.05, 4.69) is 22.8 Å². The average Bonchev–Trinajstić information content (AvgIpc) is 3.19. The number of aryl methyl sites for hydroxylation is 4. The number of hydrogen-bond donors (Lipinski definition) is 4. The zero-order valence-electron chi connectivity index (χ0n) is 33.4. The van der Waals surface area contributed by atoms with E-state index in [-0.39, 0.29) is 11.8 Å². The Morgan fingerprint density at radius 1 is 0.456 bits per heavy atom. The van der Waals surface area contributed by atoms with Gasteiger partial charge in [-0.2, -0.15) is 0 Å². The number of benzene rings is 5. The quantitative estimate of drug-likeness (QED) is 0.0656. The highest BCUT2D eigenvalue weighted by Crippen LogP contribution is 2.23. The molecule has 4 N–H and O–H groups in total. The molecule has 0 atom stereocenters. The first-order valence-electron chi connectivity index (χ1n) is 19.9. The van der Waals surface area contributed by atoms with Crippen LogP contribution in [-0.2, 0) is 41.7 Å². The molecule has 8 nitrogen and oxygen atoms in total. The second-order valence-corrected chi connectivity index (χ2v) is 15.3. The fourth-order valence-electron chi connectivity index (χ4n) is 6.52. The van der Waals surface area contributed by atoms with Crippen molar-refractivity contribution in [1.29, 1.82) is 0 Å². The molecule has 0 radical (unpaired) electrons. The summed E-state index contributed by atoms with van der Waals surface area (Å²) >= 11 is 0. The molecule has 0 aliphatic heterocycles. The third-order valence-electron chi connectivity index (χ3n) is 9.73. The van der Waals surface area contributed by atoms with Gasteiger partial charge in [-0.1, -0.05) is 137 Å². The summed E-state index contributed by atoms with van der Waals surface area (Å²) in [7, 11) is 0. The molecule has 8 heteroatoms. The Morgan fingerprint density at radius 2 is 0.825 bits per heavy atom. The minimum absolute atomic E-state index is 0.0141. The van der Waals surface area contributed by atoms with Gasteiger partial charge in [-0.3, -0.25) is 9.59 Å². The fraction of sp³-hybridized carbons (Fsp3) is 0.306. The highest BCUT2D eigenvalue weighted by atomic mass is 16.4. The van der Waals surface area contributed by atoms with Gasteiger partial charge < -0.3 is 20.8 Å². The van der Waals surface area contributed by atoms with E-state index >= 15 is 0 Å². The maximum Gasteiger partial charge on any atom is 0.335 e. The van der Waals surface area contributed by atoms with Crippen LogP contribution in [0.15, 0.2) is 127 Å². The van der Waals surface area contributed by atoms with Gasteiger partial charge in [-0.15, -0.1) is 0 Å². The summed E-state index contributed by atoms with van der Waals surface area (Å²) in [6, 6.07) is 40.0. The van der Waals surface area contributed by atoms with Crippen LogP contribution in [0.4, 0.5) is 11.4 Å². The number of hydrogen-bond acceptors (Lipinski definition) is 4. The maximum atomic E-state index is 12.4. The third kappa shape index (κ3) is 14.9. The van der Waals surface area contributed by atoms with Gasteiger partial charge in [0.25, 0.3) is 0 Å². The third-order valence-corrected chi connectivity index (χ3v) is 9.73. The summed E-state index contributed by atoms with van der Waals surface area (Å²) in [5.41, 5.74) is 7.16. The Morgan fingerprint density at radius 3 is 1.26 bits per heavy atom. The number of carbonyl (C=O) groups excluding carboxylic acids is 2. The summed E-state index contributed by atoms with van der Waals surface area (Å²) in [5.74, 6) is -1.74. The molecule has 0 aromatic heterocycles. The van der Waals surface area contributed by atoms with Gasteiger partial charge in [0.05, 0.1) is 17.5 Å². The zero-order chi connectivity index (χ0) is 41.0. The van der Waals surface area contributed by atoms with Crippen LogP contribution in [-0.4, -0.2) is 34.0 Å². The van der Waals surface area contributed by atoms with Crippen LogP contribution < -0.4 is 10.6 Å². The van der Waals surface area contributed by atoms with Crippen molar-refractivity contribution in [3.05, 3.63) is 166 Å². The summed E-state index contributed by atoms with van der Waals surface area (Å²) in [5, 5.41) is 24.6. The van der Waals surface area contributed by atoms with Crippen molar-refractivity contribution in [2.75, 3.05) is 10.6 Å². The topological polar surface area (TPSA) is 133 Å². The van der Waals surface area contributed by atoms with Crippen LogP contribution in [0.2, 0.25) is 0 Å². The second-order valence-electron chi connectivity index (χ2n) is 15.3. The molecular weight excluding hydrogens is 713 g/mol. The second kappa shape index (κ2) is 22.5. The maximum absolute atomic E-state index is 12.4. The van der Waals surface area contributed by atoms with Crippen LogP contribution in [0.3, 0.4) is 0 Å². The predicted molar refractivity (Wildman–Crippen MR) is 229 cm³/mol. The van der Waals surface area contributed by atoms with Gasteiger partial charge in [-0.05, 0) is 103 Å². The first kappa shape index (κ1) is 43.7. The van der Waals surface area contributed by atoms with Crippen LogP contribution in [0, 0.1) is 5.41 Å². The summed E-state index contributed by atoms with van der Waals surface area (Å²) in [6.45, 7) is 5.71. The van der Waals surface area contributed by atoms with Gasteiger partial charge in [-0.25, -0.2) is 9.59 Å². The number of rotatable bonds is 18. The van der Waals surface area contributed by atoms with Crippen LogP contribution in [0.5, 0.6) is 0 Å². The predicted octanol–water partition coefficient (Wildman–Crippen LogP) is 10.8. The molecule has 57 heavy (non-hydrogen) atoms. The monoisotopic (exact) mass is 768 g/mol. The Bertz CT molecular complexity index is 2070. The van der Waals surface area contributed by atoms with Crippen molar-refractivity contribution in [3.8, 4) is 0 Å². The minimum Gasteiger partial charge on any atom is -0.478 e. The lowest BCUT2D eigenvalue weighted by Gasteiger charge is -2.19. The van der Waals surface area contributed by atoms with E-state index in [1.807, 2.05) is 112 Å². The molecule has 0 bridgehead atoms. The Hall–Kier alpha value is -6.02. The van der Waals surface area contributed by atoms with E-state index in [0.29, 0.717) is 17.5 Å². The average molecular weight is 769 g/mol. The standard InChI is InChI=1S/C26H27NO3.C23H29NO3/c28-25(19-20-11-3-1-4-12-20)27-24-18-10-8-16-22(24)15-6-2-5-13-21-14-7-9-17-23(21)26(29)30;1-23(2,3)22(27)24-20-16-10-8-14-18(20)13-6-4-5-11-17-12-7-9-15-19(17)21(25)26/h1,3-4,7-12,14,16-18H,2,5-6,13,15,19H2,(H,27,28)(H,29,30);7-10,12,14-16H,4-6,11,13H2,1-3H3,(H,24,27)(H,25,26). The molecule has 0 saturated carbocycles. The van der Waals surface area contributed by atoms with Crippen LogP contribution in [0.1, 0.15) is 108 Å². The summed E-state index contributed by atoms with van der Waals surface area (Å²) in [6.07, 6.45) is 9.53. The number of aromatic carboxylic acids is 2. The molecular formula is C49H56N2O6. The van der Waals surface area contributed by atoms with E-state index in [9.17, 15) is 29.4 Å². The molecule has 5 rings (SSSR count). The highest BCUT2D eigenvalue weighted by molar-refractivity contribution is 5.95. The highest BCUT2D eigenvalue weighted by Gasteiger charge is 2.22. The number of carbonyl (C=O) groups is 4. The molecule has 0 fully saturated rings. The Labute approximate surface area is 337 Å². The zero-order valence-corrected chi connectivity index (χ0v) is 33.4.